The second-order valence-corrected chi connectivity index (χ2v) is 7.54. The van der Waals surface area contributed by atoms with Crippen molar-refractivity contribution in [2.75, 3.05) is 37.9 Å². The first-order chi connectivity index (χ1) is 14.0. The minimum absolute atomic E-state index is 0.258. The van der Waals surface area contributed by atoms with Crippen molar-refractivity contribution in [2.24, 2.45) is 0 Å². The van der Waals surface area contributed by atoms with Crippen LogP contribution in [0.5, 0.6) is 11.5 Å². The van der Waals surface area contributed by atoms with Crippen LogP contribution in [0.25, 0.3) is 10.9 Å². The van der Waals surface area contributed by atoms with Gasteiger partial charge in [0.1, 0.15) is 5.82 Å². The summed E-state index contributed by atoms with van der Waals surface area (Å²) in [6, 6.07) is 3.63. The summed E-state index contributed by atoms with van der Waals surface area (Å²) in [4.78, 5) is 15.9. The summed E-state index contributed by atoms with van der Waals surface area (Å²) in [7, 11) is 3.19. The monoisotopic (exact) mass is 398 g/mol. The molecule has 0 aliphatic carbocycles. The summed E-state index contributed by atoms with van der Waals surface area (Å²) in [5.41, 5.74) is 6.95. The van der Waals surface area contributed by atoms with Gasteiger partial charge in [-0.1, -0.05) is 19.0 Å². The maximum Gasteiger partial charge on any atom is 0.229 e. The molecule has 3 aromatic rings. The minimum atomic E-state index is 0.258. The lowest BCUT2D eigenvalue weighted by atomic mass is 9.97. The number of nitrogen functional groups attached to an aromatic ring is 1. The molecule has 4 rings (SSSR count). The summed E-state index contributed by atoms with van der Waals surface area (Å²) in [6.45, 7) is 5.71. The van der Waals surface area contributed by atoms with Crippen LogP contribution in [0.2, 0.25) is 0 Å². The number of benzene rings is 1. The number of piperidine rings is 1. The molecule has 2 N–H and O–H groups in total. The van der Waals surface area contributed by atoms with E-state index >= 15 is 0 Å². The topological polar surface area (TPSA) is 112 Å². The number of anilines is 2. The fourth-order valence-corrected chi connectivity index (χ4v) is 3.58. The molecule has 2 aromatic heterocycles. The number of methoxy groups -OCH3 is 2. The fourth-order valence-electron chi connectivity index (χ4n) is 3.58. The molecule has 0 bridgehead atoms. The molecule has 0 saturated carbocycles. The van der Waals surface area contributed by atoms with Gasteiger partial charge < -0.3 is 24.6 Å². The molecule has 1 aliphatic heterocycles. The Morgan fingerprint density at radius 2 is 1.76 bits per heavy atom. The molecular formula is C20H26N6O3. The van der Waals surface area contributed by atoms with Gasteiger partial charge in [0.25, 0.3) is 0 Å². The van der Waals surface area contributed by atoms with Gasteiger partial charge in [-0.05, 0) is 18.9 Å². The first-order valence-electron chi connectivity index (χ1n) is 9.77. The van der Waals surface area contributed by atoms with Crippen molar-refractivity contribution in [1.82, 2.24) is 20.1 Å². The molecule has 29 heavy (non-hydrogen) atoms. The normalized spacial score (nSPS) is 15.3. The van der Waals surface area contributed by atoms with Crippen LogP contribution in [0.3, 0.4) is 0 Å². The van der Waals surface area contributed by atoms with Crippen LogP contribution in [0.1, 0.15) is 50.2 Å². The zero-order valence-electron chi connectivity index (χ0n) is 17.2. The summed E-state index contributed by atoms with van der Waals surface area (Å²) >= 11 is 0. The molecule has 0 radical (unpaired) electrons. The number of hydrogen-bond acceptors (Lipinski definition) is 9. The van der Waals surface area contributed by atoms with Gasteiger partial charge in [-0.2, -0.15) is 9.97 Å². The van der Waals surface area contributed by atoms with Crippen LogP contribution < -0.4 is 20.1 Å². The van der Waals surface area contributed by atoms with E-state index in [1.807, 2.05) is 6.07 Å². The number of fused-ring (bicyclic) bond motifs is 1. The number of nitrogens with two attached hydrogens (primary N) is 1. The van der Waals surface area contributed by atoms with E-state index in [1.165, 1.54) is 0 Å². The van der Waals surface area contributed by atoms with Gasteiger partial charge in [0.2, 0.25) is 11.8 Å². The van der Waals surface area contributed by atoms with Crippen LogP contribution in [-0.4, -0.2) is 47.4 Å². The van der Waals surface area contributed by atoms with Crippen LogP contribution in [-0.2, 0) is 0 Å². The van der Waals surface area contributed by atoms with Crippen molar-refractivity contribution < 1.29 is 14.0 Å². The minimum Gasteiger partial charge on any atom is -0.493 e. The van der Waals surface area contributed by atoms with Crippen molar-refractivity contribution in [3.63, 3.8) is 0 Å². The van der Waals surface area contributed by atoms with Crippen molar-refractivity contribution in [3.05, 3.63) is 23.8 Å². The quantitative estimate of drug-likeness (QED) is 0.692. The first kappa shape index (κ1) is 19.2. The largest absolute Gasteiger partial charge is 0.493 e. The molecule has 0 atom stereocenters. The Hall–Kier alpha value is -3.10. The number of aromatic nitrogens is 4. The molecule has 3 heterocycles. The third-order valence-corrected chi connectivity index (χ3v) is 5.32. The average Bonchev–Trinajstić information content (AvgIpc) is 3.23. The van der Waals surface area contributed by atoms with Crippen LogP contribution in [0, 0.1) is 0 Å². The summed E-state index contributed by atoms with van der Waals surface area (Å²) in [6.07, 6.45) is 1.79. The molecule has 0 amide bonds. The average molecular weight is 398 g/mol. The van der Waals surface area contributed by atoms with Gasteiger partial charge in [-0.25, -0.2) is 4.98 Å². The van der Waals surface area contributed by atoms with E-state index < -0.39 is 0 Å². The second kappa shape index (κ2) is 7.73. The van der Waals surface area contributed by atoms with E-state index in [-0.39, 0.29) is 11.8 Å². The predicted molar refractivity (Wildman–Crippen MR) is 110 cm³/mol. The van der Waals surface area contributed by atoms with Crippen molar-refractivity contribution in [2.45, 2.75) is 38.5 Å². The number of hydrogen-bond donors (Lipinski definition) is 1. The fraction of sp³-hybridized carbons (Fsp3) is 0.500. The Labute approximate surface area is 169 Å². The lowest BCUT2D eigenvalue weighted by Gasteiger charge is -2.30. The van der Waals surface area contributed by atoms with E-state index in [9.17, 15) is 0 Å². The lowest BCUT2D eigenvalue weighted by Crippen LogP contribution is -2.34. The van der Waals surface area contributed by atoms with E-state index in [1.54, 1.807) is 20.3 Å². The van der Waals surface area contributed by atoms with Crippen LogP contribution in [0.4, 0.5) is 11.8 Å². The predicted octanol–water partition coefficient (Wildman–Crippen LogP) is 3.12. The highest BCUT2D eigenvalue weighted by atomic mass is 16.5. The Bertz CT molecular complexity index is 1010. The molecule has 1 saturated heterocycles. The second-order valence-electron chi connectivity index (χ2n) is 7.54. The molecule has 0 unspecified atom stereocenters. The number of rotatable bonds is 5. The molecule has 1 fully saturated rings. The van der Waals surface area contributed by atoms with E-state index in [0.717, 1.165) is 48.5 Å². The molecule has 9 heteroatoms. The van der Waals surface area contributed by atoms with E-state index in [0.29, 0.717) is 23.3 Å². The highest BCUT2D eigenvalue weighted by molar-refractivity contribution is 5.91. The maximum atomic E-state index is 6.22. The third kappa shape index (κ3) is 3.64. The summed E-state index contributed by atoms with van der Waals surface area (Å²) < 4.78 is 16.2. The van der Waals surface area contributed by atoms with Gasteiger partial charge in [0, 0.05) is 36.4 Å². The number of ether oxygens (including phenoxy) is 2. The van der Waals surface area contributed by atoms with Crippen LogP contribution in [0.15, 0.2) is 16.7 Å². The van der Waals surface area contributed by atoms with Crippen molar-refractivity contribution in [3.8, 4) is 11.5 Å². The van der Waals surface area contributed by atoms with Crippen molar-refractivity contribution >= 4 is 22.7 Å². The van der Waals surface area contributed by atoms with Crippen LogP contribution >= 0.6 is 0 Å². The van der Waals surface area contributed by atoms with E-state index in [2.05, 4.69) is 33.9 Å². The summed E-state index contributed by atoms with van der Waals surface area (Å²) in [5, 5.41) is 4.83. The molecule has 154 valence electrons. The zero-order valence-corrected chi connectivity index (χ0v) is 17.2. The molecular weight excluding hydrogens is 372 g/mol. The molecule has 1 aliphatic rings. The van der Waals surface area contributed by atoms with Gasteiger partial charge in [0.05, 0.1) is 19.7 Å². The van der Waals surface area contributed by atoms with Gasteiger partial charge in [-0.15, -0.1) is 0 Å². The highest BCUT2D eigenvalue weighted by Crippen LogP contribution is 2.35. The Morgan fingerprint density at radius 1 is 1.07 bits per heavy atom. The zero-order chi connectivity index (χ0) is 20.5. The van der Waals surface area contributed by atoms with Gasteiger partial charge >= 0.3 is 0 Å². The molecule has 9 nitrogen and oxygen atoms in total. The molecule has 0 spiro atoms. The smallest absolute Gasteiger partial charge is 0.229 e. The summed E-state index contributed by atoms with van der Waals surface area (Å²) in [5.74, 6) is 4.26. The highest BCUT2D eigenvalue weighted by Gasteiger charge is 2.27. The van der Waals surface area contributed by atoms with Gasteiger partial charge in [-0.3, -0.25) is 0 Å². The van der Waals surface area contributed by atoms with Crippen molar-refractivity contribution in [1.29, 1.82) is 0 Å². The maximum absolute atomic E-state index is 6.22. The Balaban J connectivity index is 1.54. The first-order valence-corrected chi connectivity index (χ1v) is 9.77. The third-order valence-electron chi connectivity index (χ3n) is 5.32. The Kier molecular flexibility index (Phi) is 5.12. The lowest BCUT2D eigenvalue weighted by molar-refractivity contribution is 0.325. The van der Waals surface area contributed by atoms with E-state index in [4.69, 9.17) is 24.7 Å². The SMILES string of the molecule is COc1cc2nc(N3CCC(c4nc(C(C)C)no4)CC3)nc(N)c2cc1OC. The molecule has 1 aromatic carbocycles. The Morgan fingerprint density at radius 3 is 2.38 bits per heavy atom. The van der Waals surface area contributed by atoms with Gasteiger partial charge in [0.15, 0.2) is 17.3 Å². The number of nitrogens with zero attached hydrogens (tertiary/aromatic N) is 5. The standard InChI is InChI=1S/C20H26N6O3/c1-11(2)18-24-19(29-25-18)12-5-7-26(8-6-12)20-22-14-10-16(28-4)15(27-3)9-13(14)17(21)23-20/h9-12H,5-8H2,1-4H3,(H2,21,22,23).